The summed E-state index contributed by atoms with van der Waals surface area (Å²) >= 11 is 0. The second-order valence-corrected chi connectivity index (χ2v) is 18.1. The number of aliphatic hydroxyl groups is 2. The number of carbonyl (C=O) groups excluding carboxylic acids is 1. The van der Waals surface area contributed by atoms with Crippen molar-refractivity contribution >= 4 is 24.2 Å². The normalized spacial score (nSPS) is 48.1. The van der Waals surface area contributed by atoms with E-state index in [1.807, 2.05) is 6.92 Å². The summed E-state index contributed by atoms with van der Waals surface area (Å²) < 4.78 is 76.1. The molecule has 1 heterocycles. The number of ether oxygens (including phenoxy) is 2. The molecular formula is C31H52NaO13PS. The van der Waals surface area contributed by atoms with Crippen LogP contribution in [0.2, 0.25) is 0 Å². The fourth-order valence-electron chi connectivity index (χ4n) is 10.9. The first-order valence-corrected chi connectivity index (χ1v) is 19.4. The third-order valence-electron chi connectivity index (χ3n) is 13.1. The fourth-order valence-corrected chi connectivity index (χ4v) is 12.1. The number of rotatable bonds is 8. The zero-order valence-electron chi connectivity index (χ0n) is 29.0. The summed E-state index contributed by atoms with van der Waals surface area (Å²) in [4.78, 5) is 23.3. The van der Waals surface area contributed by atoms with Gasteiger partial charge in [-0.25, -0.2) is 13.0 Å². The smallest absolute Gasteiger partial charge is 0.726 e. The molecule has 0 spiro atoms. The Balaban J connectivity index is 0.00000500. The number of esters is 1. The van der Waals surface area contributed by atoms with E-state index in [-0.39, 0.29) is 65.8 Å². The van der Waals surface area contributed by atoms with E-state index >= 15 is 0 Å². The first-order valence-electron chi connectivity index (χ1n) is 16.6. The van der Waals surface area contributed by atoms with E-state index in [0.29, 0.717) is 25.2 Å². The first-order chi connectivity index (χ1) is 21.2. The maximum atomic E-state index is 13.2. The van der Waals surface area contributed by atoms with Gasteiger partial charge in [-0.2, -0.15) is 0 Å². The number of fused-ring (bicyclic) bond motifs is 7. The Bertz CT molecular complexity index is 1320. The van der Waals surface area contributed by atoms with Crippen LogP contribution in [-0.2, 0) is 42.5 Å². The van der Waals surface area contributed by atoms with Crippen LogP contribution in [-0.4, -0.2) is 83.9 Å². The molecule has 0 amide bonds. The second kappa shape index (κ2) is 14.0. The number of carbonyl (C=O) groups is 1. The summed E-state index contributed by atoms with van der Waals surface area (Å²) in [6.45, 7) is 13.9. The summed E-state index contributed by atoms with van der Waals surface area (Å²) in [6.07, 6.45) is -4.68. The molecule has 4 aliphatic carbocycles. The van der Waals surface area contributed by atoms with Gasteiger partial charge in [-0.15, -0.1) is 0 Å². The Morgan fingerprint density at radius 3 is 2.19 bits per heavy atom. The number of aliphatic hydroxyl groups excluding tert-OH is 2. The van der Waals surface area contributed by atoms with Gasteiger partial charge in [0.05, 0.1) is 30.5 Å². The first kappa shape index (κ1) is 40.1. The van der Waals surface area contributed by atoms with Gasteiger partial charge in [-0.1, -0.05) is 41.5 Å². The predicted octanol–water partition coefficient (Wildman–Crippen LogP) is 0.415. The molecule has 4 saturated carbocycles. The molecule has 0 bridgehead atoms. The number of phosphoric ester groups is 1. The third kappa shape index (κ3) is 7.09. The van der Waals surface area contributed by atoms with E-state index in [2.05, 4.69) is 34.6 Å². The van der Waals surface area contributed by atoms with Crippen LogP contribution in [0.15, 0.2) is 0 Å². The van der Waals surface area contributed by atoms with E-state index in [1.54, 1.807) is 0 Å². The summed E-state index contributed by atoms with van der Waals surface area (Å²) in [6, 6.07) is 0. The van der Waals surface area contributed by atoms with Crippen molar-refractivity contribution in [3.05, 3.63) is 0 Å². The van der Waals surface area contributed by atoms with Crippen LogP contribution in [0, 0.1) is 58.2 Å². The van der Waals surface area contributed by atoms with Gasteiger partial charge in [0.25, 0.3) is 0 Å². The predicted molar refractivity (Wildman–Crippen MR) is 162 cm³/mol. The van der Waals surface area contributed by atoms with Gasteiger partial charge in [0.2, 0.25) is 10.4 Å². The van der Waals surface area contributed by atoms with Gasteiger partial charge >= 0.3 is 43.3 Å². The minimum Gasteiger partial charge on any atom is -0.726 e. The Morgan fingerprint density at radius 2 is 1.64 bits per heavy atom. The van der Waals surface area contributed by atoms with Crippen LogP contribution in [0.5, 0.6) is 0 Å². The molecule has 17 atom stereocenters. The molecule has 0 radical (unpaired) electrons. The molecule has 47 heavy (non-hydrogen) atoms. The zero-order valence-corrected chi connectivity index (χ0v) is 32.7. The van der Waals surface area contributed by atoms with E-state index < -0.39 is 89.4 Å². The molecule has 3 N–H and O–H groups in total. The molecule has 5 rings (SSSR count). The van der Waals surface area contributed by atoms with Gasteiger partial charge in [-0.3, -0.25) is 18.0 Å². The summed E-state index contributed by atoms with van der Waals surface area (Å²) in [5.41, 5.74) is -1.30. The minimum atomic E-state index is -5.14. The van der Waals surface area contributed by atoms with Gasteiger partial charge < -0.3 is 29.1 Å². The Kier molecular flexibility index (Phi) is 12.0. The van der Waals surface area contributed by atoms with Crippen molar-refractivity contribution in [2.24, 2.45) is 58.2 Å². The summed E-state index contributed by atoms with van der Waals surface area (Å²) in [7, 11) is -8.58. The van der Waals surface area contributed by atoms with Gasteiger partial charge in [0, 0.05) is 31.8 Å². The van der Waals surface area contributed by atoms with Crippen LogP contribution in [0.1, 0.15) is 80.6 Å². The monoisotopic (exact) mass is 718 g/mol. The molecule has 13 nitrogen and oxygen atoms in total. The molecule has 1 saturated heterocycles. The van der Waals surface area contributed by atoms with Crippen molar-refractivity contribution in [3.8, 4) is 0 Å². The molecule has 266 valence electrons. The summed E-state index contributed by atoms with van der Waals surface area (Å²) in [5, 5.41) is 23.5. The second-order valence-electron chi connectivity index (χ2n) is 15.6. The molecule has 0 aromatic rings. The average Bonchev–Trinajstić information content (AvgIpc) is 3.18. The van der Waals surface area contributed by atoms with Crippen molar-refractivity contribution in [2.75, 3.05) is 7.11 Å². The molecule has 16 heteroatoms. The minimum absolute atomic E-state index is 0. The molecule has 1 aliphatic heterocycles. The van der Waals surface area contributed by atoms with Gasteiger partial charge in [0.15, 0.2) is 0 Å². The van der Waals surface area contributed by atoms with Crippen molar-refractivity contribution in [1.82, 2.24) is 0 Å². The molecule has 0 aromatic carbocycles. The molecule has 1 unspecified atom stereocenters. The molecule has 0 aromatic heterocycles. The SMILES string of the molecule is COP(=O)(O)O[C@@H]1[C@H]2O[C@@H]([C@@H](C)C(C)C)C[C@@H](C)[C@@H]2[C@@]2(C)CC[C@H]3[C@@H]([C@@H](OC(C)=O)[C@@H](O)[C@H]4[C@@H](O)[C@H](OS(=O)(=O)[O-])CC[C@@]43C)[C@H]12.[Na+]. The fraction of sp³-hybridized carbons (Fsp3) is 0.968. The van der Waals surface area contributed by atoms with E-state index in [1.165, 1.54) is 6.92 Å². The maximum absolute atomic E-state index is 13.2. The number of phosphoric acid groups is 1. The standard InChI is InChI=1S/C31H53O13PS.Na/c1-14(2)16(4)20-13-15(3)22-28(42-20)29(43-45(35,36)40-8)23-21-18(9-11-31(22,23)7)30(6)12-10-19(44-46(37,38)39)25(33)24(30)26(34)27(21)41-17(5)32;/h14-16,18-29,33-34H,9-13H2,1-8H3,(H,35,36)(H,37,38,39);/q;+1/p-1/t15-,16+,18+,19-,20-,21-,22+,23-,24-,25+,26+,27-,28+,29+,30-,31-;/m1./s1. The third-order valence-corrected chi connectivity index (χ3v) is 14.5. The van der Waals surface area contributed by atoms with Crippen LogP contribution in [0.4, 0.5) is 0 Å². The van der Waals surface area contributed by atoms with Gasteiger partial charge in [-0.05, 0) is 72.5 Å². The Morgan fingerprint density at radius 1 is 1.02 bits per heavy atom. The van der Waals surface area contributed by atoms with Crippen molar-refractivity contribution in [3.63, 3.8) is 0 Å². The average molecular weight is 719 g/mol. The van der Waals surface area contributed by atoms with E-state index in [9.17, 15) is 37.4 Å². The molecular weight excluding hydrogens is 666 g/mol. The maximum Gasteiger partial charge on any atom is 1.00 e. The largest absolute Gasteiger partial charge is 1.00 e. The van der Waals surface area contributed by atoms with E-state index in [0.717, 1.165) is 13.5 Å². The van der Waals surface area contributed by atoms with Crippen molar-refractivity contribution in [2.45, 2.75) is 123 Å². The van der Waals surface area contributed by atoms with Crippen LogP contribution in [0.25, 0.3) is 0 Å². The van der Waals surface area contributed by atoms with Crippen molar-refractivity contribution < 1.29 is 89.7 Å². The molecule has 5 aliphatic rings. The quantitative estimate of drug-likeness (QED) is 0.103. The van der Waals surface area contributed by atoms with Crippen LogP contribution in [0.3, 0.4) is 0 Å². The number of hydrogen-bond acceptors (Lipinski definition) is 12. The summed E-state index contributed by atoms with van der Waals surface area (Å²) in [5.74, 6) is -2.39. The Hall–Kier alpha value is 0.330. The Labute approximate surface area is 301 Å². The van der Waals surface area contributed by atoms with Crippen LogP contribution < -0.4 is 29.6 Å². The van der Waals surface area contributed by atoms with Gasteiger partial charge in [0.1, 0.15) is 12.2 Å². The number of hydrogen-bond donors (Lipinski definition) is 3. The van der Waals surface area contributed by atoms with E-state index in [4.69, 9.17) is 22.7 Å². The molecule has 5 fully saturated rings. The topological polar surface area (TPSA) is 198 Å². The van der Waals surface area contributed by atoms with Crippen LogP contribution >= 0.6 is 7.82 Å². The zero-order chi connectivity index (χ0) is 34.3. The van der Waals surface area contributed by atoms with Crippen molar-refractivity contribution in [1.29, 1.82) is 0 Å².